The monoisotopic (exact) mass is 282 g/mol. The lowest BCUT2D eigenvalue weighted by Gasteiger charge is -2.31. The van der Waals surface area contributed by atoms with Crippen LogP contribution in [-0.2, 0) is 12.6 Å². The molecule has 0 aliphatic rings. The van der Waals surface area contributed by atoms with Crippen LogP contribution in [0, 0.1) is 0 Å². The normalized spacial score (nSPS) is 15.8. The maximum Gasteiger partial charge on any atom is 0.173 e. The zero-order chi connectivity index (χ0) is 15.0. The van der Waals surface area contributed by atoms with Crippen molar-refractivity contribution < 1.29 is 10.2 Å². The number of imidazole rings is 1. The Hall–Kier alpha value is -2.17. The summed E-state index contributed by atoms with van der Waals surface area (Å²) < 4.78 is 1.83. The minimum Gasteiger partial charge on any atom is -0.390 e. The second-order valence-corrected chi connectivity index (χ2v) is 5.29. The Morgan fingerprint density at radius 3 is 2.29 bits per heavy atom. The average Bonchev–Trinajstić information content (AvgIpc) is 2.85. The van der Waals surface area contributed by atoms with Gasteiger partial charge >= 0.3 is 0 Å². The molecular weight excluding hydrogens is 264 g/mol. The Morgan fingerprint density at radius 2 is 1.67 bits per heavy atom. The molecule has 3 rings (SSSR count). The Morgan fingerprint density at radius 1 is 1.05 bits per heavy atom. The summed E-state index contributed by atoms with van der Waals surface area (Å²) >= 11 is 0. The second-order valence-electron chi connectivity index (χ2n) is 5.29. The number of para-hydroxylation sites is 2. The van der Waals surface area contributed by atoms with Gasteiger partial charge in [0, 0.05) is 7.05 Å². The van der Waals surface area contributed by atoms with Crippen molar-refractivity contribution in [3.63, 3.8) is 0 Å². The fourth-order valence-corrected chi connectivity index (χ4v) is 2.74. The largest absolute Gasteiger partial charge is 0.390 e. The lowest BCUT2D eigenvalue weighted by molar-refractivity contribution is -0.0469. The van der Waals surface area contributed by atoms with E-state index in [1.54, 1.807) is 19.1 Å². The molecule has 4 nitrogen and oxygen atoms in total. The number of aryl methyl sites for hydroxylation is 1. The molecule has 3 aromatic rings. The molecule has 0 aliphatic heterocycles. The molecule has 0 amide bonds. The first kappa shape index (κ1) is 13.8. The zero-order valence-electron chi connectivity index (χ0n) is 12.1. The van der Waals surface area contributed by atoms with Gasteiger partial charge in [-0.3, -0.25) is 0 Å². The second kappa shape index (κ2) is 4.98. The van der Waals surface area contributed by atoms with Crippen molar-refractivity contribution in [3.8, 4) is 0 Å². The zero-order valence-corrected chi connectivity index (χ0v) is 12.1. The Bertz CT molecular complexity index is 765. The van der Waals surface area contributed by atoms with Gasteiger partial charge in [-0.05, 0) is 24.6 Å². The average molecular weight is 282 g/mol. The summed E-state index contributed by atoms with van der Waals surface area (Å²) in [7, 11) is 1.85. The van der Waals surface area contributed by atoms with Crippen LogP contribution >= 0.6 is 0 Å². The number of aliphatic hydroxyl groups is 2. The number of aliphatic hydroxyl groups excluding tert-OH is 1. The van der Waals surface area contributed by atoms with E-state index >= 15 is 0 Å². The van der Waals surface area contributed by atoms with Crippen LogP contribution in [0.5, 0.6) is 0 Å². The van der Waals surface area contributed by atoms with E-state index < -0.39 is 11.7 Å². The molecule has 2 N–H and O–H groups in total. The topological polar surface area (TPSA) is 58.3 Å². The minimum atomic E-state index is -1.55. The molecule has 1 heterocycles. The van der Waals surface area contributed by atoms with Crippen LogP contribution < -0.4 is 0 Å². The maximum atomic E-state index is 11.2. The van der Waals surface area contributed by atoms with Crippen molar-refractivity contribution >= 4 is 11.0 Å². The number of aromatic nitrogens is 2. The standard InChI is InChI=1S/C17H18N2O2/c1-12(20)17(21,13-8-4-3-5-9-13)16-18-14-10-6-7-11-15(14)19(16)2/h3-12,20-21H,1-2H3/t12-,17+/m0/s1. The number of hydrogen-bond donors (Lipinski definition) is 2. The number of benzene rings is 2. The summed E-state index contributed by atoms with van der Waals surface area (Å²) in [6.07, 6.45) is -0.990. The Kier molecular flexibility index (Phi) is 3.27. The molecule has 21 heavy (non-hydrogen) atoms. The van der Waals surface area contributed by atoms with Crippen LogP contribution in [-0.4, -0.2) is 25.9 Å². The van der Waals surface area contributed by atoms with Gasteiger partial charge in [-0.15, -0.1) is 0 Å². The quantitative estimate of drug-likeness (QED) is 0.774. The molecule has 0 fully saturated rings. The van der Waals surface area contributed by atoms with Crippen molar-refractivity contribution in [2.24, 2.45) is 7.05 Å². The van der Waals surface area contributed by atoms with Crippen LogP contribution in [0.2, 0.25) is 0 Å². The van der Waals surface area contributed by atoms with Crippen molar-refractivity contribution in [2.75, 3.05) is 0 Å². The van der Waals surface area contributed by atoms with Gasteiger partial charge in [0.1, 0.15) is 5.82 Å². The third-order valence-electron chi connectivity index (χ3n) is 3.95. The van der Waals surface area contributed by atoms with Crippen molar-refractivity contribution in [1.82, 2.24) is 9.55 Å². The molecule has 0 radical (unpaired) electrons. The van der Waals surface area contributed by atoms with Gasteiger partial charge in [-0.1, -0.05) is 42.5 Å². The summed E-state index contributed by atoms with van der Waals surface area (Å²) in [4.78, 5) is 4.53. The Balaban J connectivity index is 2.28. The first-order chi connectivity index (χ1) is 10.0. The Labute approximate surface area is 123 Å². The van der Waals surface area contributed by atoms with E-state index in [0.29, 0.717) is 11.4 Å². The van der Waals surface area contributed by atoms with Gasteiger partial charge in [-0.2, -0.15) is 0 Å². The van der Waals surface area contributed by atoms with Crippen molar-refractivity contribution in [1.29, 1.82) is 0 Å². The molecular formula is C17H18N2O2. The van der Waals surface area contributed by atoms with Crippen LogP contribution in [0.1, 0.15) is 18.3 Å². The lowest BCUT2D eigenvalue weighted by atomic mass is 9.88. The number of nitrogens with zero attached hydrogens (tertiary/aromatic N) is 2. The van der Waals surface area contributed by atoms with Crippen LogP contribution in [0.3, 0.4) is 0 Å². The van der Waals surface area contributed by atoms with E-state index in [1.807, 2.05) is 54.1 Å². The van der Waals surface area contributed by atoms with Crippen molar-refractivity contribution in [2.45, 2.75) is 18.6 Å². The summed E-state index contributed by atoms with van der Waals surface area (Å²) in [6.45, 7) is 1.58. The highest BCUT2D eigenvalue weighted by molar-refractivity contribution is 5.76. The van der Waals surface area contributed by atoms with Crippen LogP contribution in [0.15, 0.2) is 54.6 Å². The predicted octanol–water partition coefficient (Wildman–Crippen LogP) is 2.19. The van der Waals surface area contributed by atoms with Gasteiger partial charge in [0.2, 0.25) is 0 Å². The minimum absolute atomic E-state index is 0.435. The smallest absolute Gasteiger partial charge is 0.173 e. The van der Waals surface area contributed by atoms with Gasteiger partial charge in [-0.25, -0.2) is 4.98 Å². The molecule has 108 valence electrons. The highest BCUT2D eigenvalue weighted by Crippen LogP contribution is 2.33. The van der Waals surface area contributed by atoms with Gasteiger partial charge < -0.3 is 14.8 Å². The molecule has 0 saturated heterocycles. The van der Waals surface area contributed by atoms with E-state index in [0.717, 1.165) is 11.0 Å². The molecule has 2 aromatic carbocycles. The predicted molar refractivity (Wildman–Crippen MR) is 81.8 cm³/mol. The van der Waals surface area contributed by atoms with Crippen LogP contribution in [0.25, 0.3) is 11.0 Å². The van der Waals surface area contributed by atoms with Gasteiger partial charge in [0.25, 0.3) is 0 Å². The SMILES string of the molecule is C[C@H](O)[C@@](O)(c1ccccc1)c1nc2ccccc2n1C. The van der Waals surface area contributed by atoms with Gasteiger partial charge in [0.05, 0.1) is 17.1 Å². The summed E-state index contributed by atoms with van der Waals surface area (Å²) in [5.41, 5.74) is 0.792. The number of hydrogen-bond acceptors (Lipinski definition) is 3. The number of fused-ring (bicyclic) bond motifs is 1. The van der Waals surface area contributed by atoms with Crippen molar-refractivity contribution in [3.05, 3.63) is 66.0 Å². The van der Waals surface area contributed by atoms with E-state index in [2.05, 4.69) is 4.98 Å². The third kappa shape index (κ3) is 2.04. The molecule has 4 heteroatoms. The lowest BCUT2D eigenvalue weighted by Crippen LogP contribution is -2.41. The number of rotatable bonds is 3. The maximum absolute atomic E-state index is 11.2. The fourth-order valence-electron chi connectivity index (χ4n) is 2.74. The highest BCUT2D eigenvalue weighted by atomic mass is 16.3. The first-order valence-corrected chi connectivity index (χ1v) is 6.93. The molecule has 0 bridgehead atoms. The fraction of sp³-hybridized carbons (Fsp3) is 0.235. The summed E-state index contributed by atoms with van der Waals surface area (Å²) in [5.74, 6) is 0.435. The van der Waals surface area contributed by atoms with E-state index in [1.165, 1.54) is 0 Å². The van der Waals surface area contributed by atoms with Gasteiger partial charge in [0.15, 0.2) is 5.60 Å². The first-order valence-electron chi connectivity index (χ1n) is 6.93. The van der Waals surface area contributed by atoms with Crippen LogP contribution in [0.4, 0.5) is 0 Å². The third-order valence-corrected chi connectivity index (χ3v) is 3.95. The summed E-state index contributed by atoms with van der Waals surface area (Å²) in [6, 6.07) is 16.8. The van der Waals surface area contributed by atoms with E-state index in [-0.39, 0.29) is 0 Å². The highest BCUT2D eigenvalue weighted by Gasteiger charge is 2.41. The molecule has 0 unspecified atom stereocenters. The molecule has 0 spiro atoms. The van der Waals surface area contributed by atoms with E-state index in [4.69, 9.17) is 0 Å². The molecule has 0 saturated carbocycles. The molecule has 1 aromatic heterocycles. The molecule has 0 aliphatic carbocycles. The van der Waals surface area contributed by atoms with E-state index in [9.17, 15) is 10.2 Å². The summed E-state index contributed by atoms with van der Waals surface area (Å²) in [5, 5.41) is 21.4. The molecule has 2 atom stereocenters.